The van der Waals surface area contributed by atoms with Gasteiger partial charge in [-0.15, -0.1) is 5.11 Å². The zero-order chi connectivity index (χ0) is 8.48. The van der Waals surface area contributed by atoms with E-state index in [1.165, 1.54) is 0 Å². The van der Waals surface area contributed by atoms with Crippen molar-refractivity contribution in [3.8, 4) is 0 Å². The molecule has 0 spiro atoms. The van der Waals surface area contributed by atoms with E-state index in [-0.39, 0.29) is 4.87 Å². The van der Waals surface area contributed by atoms with Gasteiger partial charge in [-0.25, -0.2) is 0 Å². The van der Waals surface area contributed by atoms with E-state index in [2.05, 4.69) is 36.0 Å². The molecular weight excluding hydrogens is 158 g/mol. The predicted octanol–water partition coefficient (Wildman–Crippen LogP) is 2.54. The van der Waals surface area contributed by atoms with E-state index in [4.69, 9.17) is 0 Å². The molecule has 1 atom stereocenters. The number of azo groups is 1. The van der Waals surface area contributed by atoms with Crippen molar-refractivity contribution in [1.82, 2.24) is 0 Å². The molecule has 0 amide bonds. The van der Waals surface area contributed by atoms with E-state index in [0.717, 1.165) is 5.17 Å². The Hall–Kier alpha value is -0.380. The lowest BCUT2D eigenvalue weighted by atomic mass is 10.1. The average Bonchev–Trinajstić information content (AvgIpc) is 2.33. The molecule has 1 rings (SSSR count). The highest BCUT2D eigenvalue weighted by Gasteiger charge is 2.35. The molecule has 4 heteroatoms. The monoisotopic (exact) mass is 171 g/mol. The van der Waals surface area contributed by atoms with Crippen molar-refractivity contribution in [1.29, 1.82) is 0 Å². The Labute approximate surface area is 71.4 Å². The maximum Gasteiger partial charge on any atom is 0.206 e. The van der Waals surface area contributed by atoms with Crippen molar-refractivity contribution in [2.24, 2.45) is 21.1 Å². The molecule has 0 bridgehead atoms. The largest absolute Gasteiger partial charge is 0.263 e. The fourth-order valence-electron chi connectivity index (χ4n) is 0.691. The summed E-state index contributed by atoms with van der Waals surface area (Å²) in [6.07, 6.45) is 0. The van der Waals surface area contributed by atoms with E-state index in [0.29, 0.717) is 5.92 Å². The van der Waals surface area contributed by atoms with Gasteiger partial charge in [-0.2, -0.15) is 5.11 Å². The molecule has 3 nitrogen and oxygen atoms in total. The van der Waals surface area contributed by atoms with Gasteiger partial charge in [0.15, 0.2) is 0 Å². The van der Waals surface area contributed by atoms with Crippen molar-refractivity contribution < 1.29 is 0 Å². The van der Waals surface area contributed by atoms with Gasteiger partial charge in [0.05, 0.1) is 0 Å². The fourth-order valence-corrected chi connectivity index (χ4v) is 1.55. The molecule has 0 saturated carbocycles. The quantitative estimate of drug-likeness (QED) is 0.597. The second-order valence-electron chi connectivity index (χ2n) is 3.02. The maximum absolute atomic E-state index is 4.18. The Bertz CT molecular complexity index is 210. The third-order valence-corrected chi connectivity index (χ3v) is 3.31. The maximum atomic E-state index is 4.18. The highest BCUT2D eigenvalue weighted by molar-refractivity contribution is 8.15. The van der Waals surface area contributed by atoms with Crippen LogP contribution in [0.15, 0.2) is 15.2 Å². The van der Waals surface area contributed by atoms with Gasteiger partial charge in [0.2, 0.25) is 5.17 Å². The van der Waals surface area contributed by atoms with Crippen LogP contribution in [0, 0.1) is 5.92 Å². The van der Waals surface area contributed by atoms with Crippen LogP contribution in [0.5, 0.6) is 0 Å². The standard InChI is InChI=1S/C7H13N3S/c1-5(2)7(3)10-9-6(8-4)11-7/h5H,1-4H3. The van der Waals surface area contributed by atoms with Crippen LogP contribution in [0.2, 0.25) is 0 Å². The van der Waals surface area contributed by atoms with E-state index in [1.807, 2.05) is 0 Å². The second-order valence-corrected chi connectivity index (χ2v) is 4.41. The third-order valence-electron chi connectivity index (χ3n) is 1.89. The lowest BCUT2D eigenvalue weighted by Gasteiger charge is -2.21. The SMILES string of the molecule is CN=C1N=NC(C)(C(C)C)S1. The van der Waals surface area contributed by atoms with Crippen LogP contribution in [-0.4, -0.2) is 17.1 Å². The molecule has 0 fully saturated rings. The van der Waals surface area contributed by atoms with Gasteiger partial charge in [-0.1, -0.05) is 25.6 Å². The Kier molecular flexibility index (Phi) is 2.32. The Morgan fingerprint density at radius 3 is 2.45 bits per heavy atom. The Morgan fingerprint density at radius 1 is 1.55 bits per heavy atom. The number of aliphatic imine (C=N–C) groups is 1. The first-order valence-corrected chi connectivity index (χ1v) is 4.49. The van der Waals surface area contributed by atoms with Gasteiger partial charge < -0.3 is 0 Å². The van der Waals surface area contributed by atoms with Crippen LogP contribution < -0.4 is 0 Å². The lowest BCUT2D eigenvalue weighted by Crippen LogP contribution is -2.22. The van der Waals surface area contributed by atoms with Crippen LogP contribution in [0.1, 0.15) is 20.8 Å². The van der Waals surface area contributed by atoms with Gasteiger partial charge in [0.1, 0.15) is 4.87 Å². The minimum Gasteiger partial charge on any atom is -0.263 e. The molecule has 0 aromatic heterocycles. The third kappa shape index (κ3) is 1.61. The zero-order valence-corrected chi connectivity index (χ0v) is 8.14. The van der Waals surface area contributed by atoms with E-state index < -0.39 is 0 Å². The van der Waals surface area contributed by atoms with Crippen LogP contribution in [0.3, 0.4) is 0 Å². The number of thioether (sulfide) groups is 1. The van der Waals surface area contributed by atoms with Crippen LogP contribution in [0.4, 0.5) is 0 Å². The topological polar surface area (TPSA) is 37.1 Å². The van der Waals surface area contributed by atoms with Gasteiger partial charge in [0, 0.05) is 7.05 Å². The van der Waals surface area contributed by atoms with Crippen LogP contribution in [-0.2, 0) is 0 Å². The van der Waals surface area contributed by atoms with Gasteiger partial charge >= 0.3 is 0 Å². The summed E-state index contributed by atoms with van der Waals surface area (Å²) in [6.45, 7) is 6.37. The zero-order valence-electron chi connectivity index (χ0n) is 7.33. The molecule has 1 aliphatic heterocycles. The van der Waals surface area contributed by atoms with Crippen molar-refractivity contribution in [3.05, 3.63) is 0 Å². The second kappa shape index (κ2) is 2.93. The van der Waals surface area contributed by atoms with E-state index in [1.54, 1.807) is 18.8 Å². The summed E-state index contributed by atoms with van der Waals surface area (Å²) in [5, 5.41) is 8.94. The van der Waals surface area contributed by atoms with Crippen LogP contribution >= 0.6 is 11.8 Å². The predicted molar refractivity (Wildman–Crippen MR) is 49.0 cm³/mol. The number of amidine groups is 1. The Balaban J connectivity index is 2.75. The number of nitrogens with zero attached hydrogens (tertiary/aromatic N) is 3. The minimum absolute atomic E-state index is 0.0884. The minimum atomic E-state index is -0.0884. The lowest BCUT2D eigenvalue weighted by molar-refractivity contribution is 0.477. The first kappa shape index (κ1) is 8.71. The summed E-state index contributed by atoms with van der Waals surface area (Å²) < 4.78 is 0. The first-order chi connectivity index (χ1) is 5.08. The molecule has 1 unspecified atom stereocenters. The van der Waals surface area contributed by atoms with Gasteiger partial charge in [-0.05, 0) is 12.8 Å². The molecule has 0 aromatic rings. The highest BCUT2D eigenvalue weighted by atomic mass is 32.2. The Morgan fingerprint density at radius 2 is 2.18 bits per heavy atom. The molecule has 0 aliphatic carbocycles. The first-order valence-electron chi connectivity index (χ1n) is 3.67. The van der Waals surface area contributed by atoms with Crippen molar-refractivity contribution in [2.45, 2.75) is 25.6 Å². The molecule has 1 heterocycles. The number of hydrogen-bond acceptors (Lipinski definition) is 3. The summed E-state index contributed by atoms with van der Waals surface area (Å²) >= 11 is 1.64. The normalized spacial score (nSPS) is 34.1. The molecule has 0 N–H and O–H groups in total. The summed E-state index contributed by atoms with van der Waals surface area (Å²) in [6, 6.07) is 0. The smallest absolute Gasteiger partial charge is 0.206 e. The summed E-state index contributed by atoms with van der Waals surface area (Å²) in [7, 11) is 1.74. The molecule has 11 heavy (non-hydrogen) atoms. The molecule has 0 aromatic carbocycles. The van der Waals surface area contributed by atoms with Crippen molar-refractivity contribution in [3.63, 3.8) is 0 Å². The molecule has 0 saturated heterocycles. The van der Waals surface area contributed by atoms with Gasteiger partial charge in [-0.3, -0.25) is 4.99 Å². The summed E-state index contributed by atoms with van der Waals surface area (Å²) in [5.41, 5.74) is 0. The fraction of sp³-hybridized carbons (Fsp3) is 0.857. The highest BCUT2D eigenvalue weighted by Crippen LogP contribution is 2.40. The number of hydrogen-bond donors (Lipinski definition) is 0. The molecule has 62 valence electrons. The van der Waals surface area contributed by atoms with Crippen molar-refractivity contribution in [2.75, 3.05) is 7.05 Å². The van der Waals surface area contributed by atoms with E-state index in [9.17, 15) is 0 Å². The number of rotatable bonds is 1. The average molecular weight is 171 g/mol. The summed E-state index contributed by atoms with van der Waals surface area (Å²) in [4.78, 5) is 3.90. The van der Waals surface area contributed by atoms with E-state index >= 15 is 0 Å². The summed E-state index contributed by atoms with van der Waals surface area (Å²) in [5.74, 6) is 0.496. The van der Waals surface area contributed by atoms with Crippen molar-refractivity contribution >= 4 is 16.9 Å². The molecule has 1 aliphatic rings. The molecular formula is C7H13N3S. The molecule has 0 radical (unpaired) electrons. The van der Waals surface area contributed by atoms with Gasteiger partial charge in [0.25, 0.3) is 0 Å². The van der Waals surface area contributed by atoms with Crippen LogP contribution in [0.25, 0.3) is 0 Å².